The van der Waals surface area contributed by atoms with Crippen molar-refractivity contribution < 1.29 is 27.5 Å². The molecule has 0 atom stereocenters. The molecule has 200 valence electrons. The molecule has 0 unspecified atom stereocenters. The van der Waals surface area contributed by atoms with E-state index in [1.165, 1.54) is 14.1 Å². The van der Waals surface area contributed by atoms with Gasteiger partial charge >= 0.3 is 10.2 Å². The number of carbonyl (C=O) groups is 3. The number of rotatable bonds is 10. The number of hydrogen-bond acceptors (Lipinski definition) is 6. The topological polar surface area (TPSA) is 134 Å². The minimum absolute atomic E-state index is 0.0987. The lowest BCUT2D eigenvalue weighted by atomic mass is 9.87. The summed E-state index contributed by atoms with van der Waals surface area (Å²) >= 11 is 5.82. The molecule has 0 aliphatic heterocycles. The molecule has 3 N–H and O–H groups in total. The van der Waals surface area contributed by atoms with Gasteiger partial charge < -0.3 is 15.4 Å². The highest BCUT2D eigenvalue weighted by molar-refractivity contribution is 7.87. The van der Waals surface area contributed by atoms with E-state index in [0.29, 0.717) is 47.6 Å². The average molecular weight is 551 g/mol. The lowest BCUT2D eigenvalue weighted by Gasteiger charge is -2.28. The predicted molar refractivity (Wildman–Crippen MR) is 140 cm³/mol. The number of carbonyl (C=O) groups excluding carboxylic acids is 3. The second kappa shape index (κ2) is 12.9. The van der Waals surface area contributed by atoms with Crippen LogP contribution in [0.4, 0.5) is 0 Å². The summed E-state index contributed by atoms with van der Waals surface area (Å²) in [6.07, 6.45) is 2.18. The number of amides is 3. The minimum Gasteiger partial charge on any atom is -0.490 e. The van der Waals surface area contributed by atoms with E-state index in [4.69, 9.17) is 16.3 Å². The fourth-order valence-electron chi connectivity index (χ4n) is 3.78. The van der Waals surface area contributed by atoms with Crippen LogP contribution in [0.1, 0.15) is 46.4 Å². The first kappa shape index (κ1) is 28.4. The molecule has 0 bridgehead atoms. The number of hydrogen-bond donors (Lipinski definition) is 3. The molecule has 3 rings (SSSR count). The van der Waals surface area contributed by atoms with Gasteiger partial charge in [-0.05, 0) is 74.2 Å². The van der Waals surface area contributed by atoms with Crippen molar-refractivity contribution in [2.75, 3.05) is 27.2 Å². The summed E-state index contributed by atoms with van der Waals surface area (Å²) in [6, 6.07) is 13.3. The van der Waals surface area contributed by atoms with Crippen LogP contribution in [0.5, 0.6) is 5.75 Å². The number of ether oxygens (including phenoxy) is 1. The zero-order valence-electron chi connectivity index (χ0n) is 20.7. The lowest BCUT2D eigenvalue weighted by Crippen LogP contribution is -2.43. The maximum atomic E-state index is 12.4. The van der Waals surface area contributed by atoms with Crippen LogP contribution in [0.2, 0.25) is 5.02 Å². The summed E-state index contributed by atoms with van der Waals surface area (Å²) in [5.74, 6) is -0.786. The molecule has 1 fully saturated rings. The van der Waals surface area contributed by atoms with Gasteiger partial charge in [-0.2, -0.15) is 12.7 Å². The minimum atomic E-state index is -3.80. The number of nitrogens with zero attached hydrogens (tertiary/aromatic N) is 1. The van der Waals surface area contributed by atoms with E-state index in [2.05, 4.69) is 15.4 Å². The molecule has 12 heteroatoms. The summed E-state index contributed by atoms with van der Waals surface area (Å²) in [5, 5.41) is 6.04. The predicted octanol–water partition coefficient (Wildman–Crippen LogP) is 2.36. The third kappa shape index (κ3) is 8.44. The summed E-state index contributed by atoms with van der Waals surface area (Å²) < 4.78 is 32.7. The molecular weight excluding hydrogens is 520 g/mol. The summed E-state index contributed by atoms with van der Waals surface area (Å²) in [7, 11) is -1.08. The molecule has 0 spiro atoms. The molecule has 0 aromatic heterocycles. The third-order valence-corrected chi connectivity index (χ3v) is 7.65. The van der Waals surface area contributed by atoms with Gasteiger partial charge in [0.15, 0.2) is 0 Å². The summed E-state index contributed by atoms with van der Waals surface area (Å²) in [6.45, 7) is 0.541. The van der Waals surface area contributed by atoms with Crippen molar-refractivity contribution in [1.29, 1.82) is 0 Å². The molecule has 2 aromatic rings. The zero-order chi connectivity index (χ0) is 27.0. The van der Waals surface area contributed by atoms with Crippen LogP contribution in [0.3, 0.4) is 0 Å². The first-order chi connectivity index (χ1) is 17.5. The Hall–Kier alpha value is -3.15. The van der Waals surface area contributed by atoms with Crippen molar-refractivity contribution in [3.8, 4) is 5.75 Å². The van der Waals surface area contributed by atoms with Crippen molar-refractivity contribution in [3.63, 3.8) is 0 Å². The smallest absolute Gasteiger partial charge is 0.303 e. The van der Waals surface area contributed by atoms with Crippen molar-refractivity contribution in [2.45, 2.75) is 31.8 Å². The Morgan fingerprint density at radius 3 is 1.84 bits per heavy atom. The third-order valence-electron chi connectivity index (χ3n) is 5.98. The zero-order valence-corrected chi connectivity index (χ0v) is 22.3. The van der Waals surface area contributed by atoms with Gasteiger partial charge in [0.1, 0.15) is 5.75 Å². The Labute approximate surface area is 221 Å². The molecule has 2 aromatic carbocycles. The van der Waals surface area contributed by atoms with Crippen molar-refractivity contribution in [2.24, 2.45) is 5.92 Å². The first-order valence-electron chi connectivity index (χ1n) is 11.9. The van der Waals surface area contributed by atoms with Crippen molar-refractivity contribution in [1.82, 2.24) is 19.7 Å². The van der Waals surface area contributed by atoms with E-state index < -0.39 is 16.1 Å². The van der Waals surface area contributed by atoms with Crippen LogP contribution in [0, 0.1) is 5.92 Å². The Kier molecular flexibility index (Phi) is 9.90. The van der Waals surface area contributed by atoms with Crippen molar-refractivity contribution in [3.05, 3.63) is 64.7 Å². The average Bonchev–Trinajstić information content (AvgIpc) is 2.87. The largest absolute Gasteiger partial charge is 0.490 e. The van der Waals surface area contributed by atoms with E-state index >= 15 is 0 Å². The standard InChI is InChI=1S/C25H31ClN4O6S/c1-30(2)37(34,35)29-25(33)19-7-13-22(14-8-19)36-21-11-5-18(6-12-21)24(32)28-16-15-27-23(31)17-3-9-20(26)10-4-17/h3-6,9-12,19,22H,7-8,13-16H2,1-2H3,(H,27,31)(H,28,32)(H,29,33)/t19-,22+. The van der Waals surface area contributed by atoms with Gasteiger partial charge in [-0.15, -0.1) is 0 Å². The van der Waals surface area contributed by atoms with E-state index in [1.807, 2.05) is 0 Å². The maximum absolute atomic E-state index is 12.4. The highest BCUT2D eigenvalue weighted by Crippen LogP contribution is 2.28. The molecule has 1 aliphatic carbocycles. The van der Waals surface area contributed by atoms with E-state index in [9.17, 15) is 22.8 Å². The molecule has 3 amide bonds. The van der Waals surface area contributed by atoms with Gasteiger partial charge in [0.05, 0.1) is 6.10 Å². The SMILES string of the molecule is CN(C)S(=O)(=O)NC(=O)[C@H]1CC[C@@H](Oc2ccc(C(=O)NCCNC(=O)c3ccc(Cl)cc3)cc2)CC1. The molecule has 37 heavy (non-hydrogen) atoms. The van der Waals surface area contributed by atoms with E-state index in [-0.39, 0.29) is 36.9 Å². The number of benzene rings is 2. The molecule has 0 saturated heterocycles. The van der Waals surface area contributed by atoms with Crippen LogP contribution in [-0.4, -0.2) is 63.7 Å². The van der Waals surface area contributed by atoms with Gasteiger partial charge in [-0.1, -0.05) is 11.6 Å². The Morgan fingerprint density at radius 2 is 1.35 bits per heavy atom. The van der Waals surface area contributed by atoms with Gasteiger partial charge in [-0.25, -0.2) is 4.72 Å². The highest BCUT2D eigenvalue weighted by Gasteiger charge is 2.30. The Balaban J connectivity index is 1.38. The second-order valence-electron chi connectivity index (χ2n) is 8.89. The van der Waals surface area contributed by atoms with Crippen LogP contribution < -0.4 is 20.1 Å². The van der Waals surface area contributed by atoms with Crippen molar-refractivity contribution >= 4 is 39.5 Å². The van der Waals surface area contributed by atoms with Crippen LogP contribution in [0.15, 0.2) is 48.5 Å². The molecule has 10 nitrogen and oxygen atoms in total. The molecule has 0 radical (unpaired) electrons. The Morgan fingerprint density at radius 1 is 0.865 bits per heavy atom. The van der Waals surface area contributed by atoms with Gasteiger partial charge in [0.2, 0.25) is 5.91 Å². The van der Waals surface area contributed by atoms with Crippen LogP contribution >= 0.6 is 11.6 Å². The van der Waals surface area contributed by atoms with Gasteiger partial charge in [0.25, 0.3) is 11.8 Å². The fourth-order valence-corrected chi connectivity index (χ4v) is 4.51. The fraction of sp³-hybridized carbons (Fsp3) is 0.400. The molecule has 1 aliphatic rings. The Bertz CT molecular complexity index is 1190. The first-order valence-corrected chi connectivity index (χ1v) is 13.7. The van der Waals surface area contributed by atoms with E-state index in [1.54, 1.807) is 48.5 Å². The van der Waals surface area contributed by atoms with Crippen LogP contribution in [-0.2, 0) is 15.0 Å². The normalized spacial score (nSPS) is 17.6. The monoisotopic (exact) mass is 550 g/mol. The van der Waals surface area contributed by atoms with Gasteiger partial charge in [0, 0.05) is 49.3 Å². The lowest BCUT2D eigenvalue weighted by molar-refractivity contribution is -0.124. The molecule has 1 saturated carbocycles. The highest BCUT2D eigenvalue weighted by atomic mass is 35.5. The maximum Gasteiger partial charge on any atom is 0.303 e. The van der Waals surface area contributed by atoms with Gasteiger partial charge in [-0.3, -0.25) is 14.4 Å². The van der Waals surface area contributed by atoms with E-state index in [0.717, 1.165) is 4.31 Å². The molecular formula is C25H31ClN4O6S. The number of halogens is 1. The summed E-state index contributed by atoms with van der Waals surface area (Å²) in [5.41, 5.74) is 0.944. The number of nitrogens with one attached hydrogen (secondary N) is 3. The quantitative estimate of drug-likeness (QED) is 0.389. The second-order valence-corrected chi connectivity index (χ2v) is 11.2. The summed E-state index contributed by atoms with van der Waals surface area (Å²) in [4.78, 5) is 36.7. The molecule has 0 heterocycles. The van der Waals surface area contributed by atoms with Crippen LogP contribution in [0.25, 0.3) is 0 Å².